The van der Waals surface area contributed by atoms with Crippen molar-refractivity contribution in [3.63, 3.8) is 0 Å². The molecule has 2 rings (SSSR count). The molecule has 5 heteroatoms. The van der Waals surface area contributed by atoms with Crippen LogP contribution in [0.5, 0.6) is 0 Å². The molecule has 0 fully saturated rings. The number of carbonyl (C=O) groups is 1. The van der Waals surface area contributed by atoms with Crippen molar-refractivity contribution in [3.8, 4) is 0 Å². The Morgan fingerprint density at radius 2 is 1.77 bits per heavy atom. The third-order valence-corrected chi connectivity index (χ3v) is 4.08. The summed E-state index contributed by atoms with van der Waals surface area (Å²) in [6.07, 6.45) is 2.00. The van der Waals surface area contributed by atoms with E-state index in [-0.39, 0.29) is 12.6 Å². The largest absolute Gasteiger partial charge is 0.384 e. The van der Waals surface area contributed by atoms with Gasteiger partial charge < -0.3 is 15.7 Å². The molecule has 0 aromatic heterocycles. The molecule has 0 aliphatic heterocycles. The first-order chi connectivity index (χ1) is 10.5. The lowest BCUT2D eigenvalue weighted by molar-refractivity contribution is 0.0599. The van der Waals surface area contributed by atoms with Gasteiger partial charge in [0, 0.05) is 10.6 Å². The molecule has 0 heterocycles. The number of hydrogen-bond donors (Lipinski definition) is 3. The first-order valence-corrected chi connectivity index (χ1v) is 8.20. The minimum Gasteiger partial charge on any atom is -0.384 e. The van der Waals surface area contributed by atoms with Crippen LogP contribution in [0, 0.1) is 0 Å². The fourth-order valence-electron chi connectivity index (χ4n) is 2.00. The third kappa shape index (κ3) is 4.51. The van der Waals surface area contributed by atoms with Crippen LogP contribution < -0.4 is 10.6 Å². The van der Waals surface area contributed by atoms with Gasteiger partial charge in [-0.25, -0.2) is 4.79 Å². The lowest BCUT2D eigenvalue weighted by Crippen LogP contribution is -2.40. The van der Waals surface area contributed by atoms with Crippen molar-refractivity contribution in [1.82, 2.24) is 5.32 Å². The Morgan fingerprint density at radius 3 is 2.36 bits per heavy atom. The average molecular weight is 316 g/mol. The van der Waals surface area contributed by atoms with Crippen LogP contribution in [-0.2, 0) is 5.60 Å². The van der Waals surface area contributed by atoms with E-state index < -0.39 is 5.60 Å². The lowest BCUT2D eigenvalue weighted by atomic mass is 9.96. The standard InChI is InChI=1S/C17H20N2O2S/c1-17(21,13-6-4-3-5-7-13)12-18-16(20)19-14-8-10-15(22-2)11-9-14/h3-11,21H,12H2,1-2H3,(H2,18,19,20). The Balaban J connectivity index is 1.89. The van der Waals surface area contributed by atoms with E-state index in [0.717, 1.165) is 16.1 Å². The van der Waals surface area contributed by atoms with Crippen molar-refractivity contribution in [2.75, 3.05) is 18.1 Å². The summed E-state index contributed by atoms with van der Waals surface area (Å²) >= 11 is 1.65. The number of hydrogen-bond acceptors (Lipinski definition) is 3. The molecular weight excluding hydrogens is 296 g/mol. The molecule has 0 radical (unpaired) electrons. The molecule has 4 nitrogen and oxygen atoms in total. The fourth-order valence-corrected chi connectivity index (χ4v) is 2.41. The quantitative estimate of drug-likeness (QED) is 0.741. The monoisotopic (exact) mass is 316 g/mol. The number of benzene rings is 2. The van der Waals surface area contributed by atoms with E-state index in [9.17, 15) is 9.90 Å². The van der Waals surface area contributed by atoms with E-state index in [4.69, 9.17) is 0 Å². The zero-order chi connectivity index (χ0) is 16.0. The van der Waals surface area contributed by atoms with Crippen molar-refractivity contribution in [1.29, 1.82) is 0 Å². The molecule has 22 heavy (non-hydrogen) atoms. The van der Waals surface area contributed by atoms with Crippen molar-refractivity contribution in [2.24, 2.45) is 0 Å². The Bertz CT molecular complexity index is 612. The van der Waals surface area contributed by atoms with E-state index in [0.29, 0.717) is 0 Å². The summed E-state index contributed by atoms with van der Waals surface area (Å²) < 4.78 is 0. The molecule has 0 aliphatic rings. The molecule has 0 saturated carbocycles. The molecule has 1 atom stereocenters. The Hall–Kier alpha value is -1.98. The molecule has 116 valence electrons. The summed E-state index contributed by atoms with van der Waals surface area (Å²) in [5.74, 6) is 0. The summed E-state index contributed by atoms with van der Waals surface area (Å²) in [7, 11) is 0. The molecule has 0 spiro atoms. The maximum Gasteiger partial charge on any atom is 0.319 e. The van der Waals surface area contributed by atoms with Gasteiger partial charge >= 0.3 is 6.03 Å². The van der Waals surface area contributed by atoms with Crippen molar-refractivity contribution in [3.05, 3.63) is 60.2 Å². The number of thioether (sulfide) groups is 1. The fraction of sp³-hybridized carbons (Fsp3) is 0.235. The normalized spacial score (nSPS) is 13.2. The Morgan fingerprint density at radius 1 is 1.14 bits per heavy atom. The van der Waals surface area contributed by atoms with Gasteiger partial charge in [0.2, 0.25) is 0 Å². The van der Waals surface area contributed by atoms with Crippen LogP contribution in [0.15, 0.2) is 59.5 Å². The first kappa shape index (κ1) is 16.4. The topological polar surface area (TPSA) is 61.4 Å². The SMILES string of the molecule is CSc1ccc(NC(=O)NCC(C)(O)c2ccccc2)cc1. The Labute approximate surface area is 134 Å². The predicted octanol–water partition coefficient (Wildman–Crippen LogP) is 3.44. The Kier molecular flexibility index (Phi) is 5.46. The number of carbonyl (C=O) groups excluding carboxylic acids is 1. The second-order valence-electron chi connectivity index (χ2n) is 5.18. The zero-order valence-electron chi connectivity index (χ0n) is 12.7. The van der Waals surface area contributed by atoms with Gasteiger partial charge in [-0.1, -0.05) is 30.3 Å². The zero-order valence-corrected chi connectivity index (χ0v) is 13.5. The van der Waals surface area contributed by atoms with E-state index in [1.807, 2.05) is 60.9 Å². The highest BCUT2D eigenvalue weighted by Gasteiger charge is 2.23. The van der Waals surface area contributed by atoms with Crippen LogP contribution in [0.1, 0.15) is 12.5 Å². The molecule has 2 aromatic carbocycles. The number of urea groups is 1. The van der Waals surface area contributed by atoms with Crippen LogP contribution in [0.2, 0.25) is 0 Å². The molecule has 0 bridgehead atoms. The second-order valence-corrected chi connectivity index (χ2v) is 6.06. The summed E-state index contributed by atoms with van der Waals surface area (Å²) in [5, 5.41) is 15.9. The van der Waals surface area contributed by atoms with Gasteiger partial charge in [0.05, 0.1) is 6.54 Å². The van der Waals surface area contributed by atoms with Gasteiger partial charge in [0.15, 0.2) is 0 Å². The highest BCUT2D eigenvalue weighted by molar-refractivity contribution is 7.98. The van der Waals surface area contributed by atoms with Crippen molar-refractivity contribution < 1.29 is 9.90 Å². The van der Waals surface area contributed by atoms with Gasteiger partial charge in [-0.3, -0.25) is 0 Å². The van der Waals surface area contributed by atoms with Crippen LogP contribution in [0.4, 0.5) is 10.5 Å². The molecule has 2 amide bonds. The van der Waals surface area contributed by atoms with Crippen LogP contribution in [-0.4, -0.2) is 23.9 Å². The maximum absolute atomic E-state index is 11.9. The number of anilines is 1. The van der Waals surface area contributed by atoms with Gasteiger partial charge in [-0.05, 0) is 43.0 Å². The van der Waals surface area contributed by atoms with Crippen LogP contribution >= 0.6 is 11.8 Å². The summed E-state index contributed by atoms with van der Waals surface area (Å²) in [6.45, 7) is 1.81. The highest BCUT2D eigenvalue weighted by atomic mass is 32.2. The van der Waals surface area contributed by atoms with E-state index in [2.05, 4.69) is 10.6 Å². The number of rotatable bonds is 5. The molecule has 0 aliphatic carbocycles. The smallest absolute Gasteiger partial charge is 0.319 e. The van der Waals surface area contributed by atoms with E-state index in [1.165, 1.54) is 0 Å². The van der Waals surface area contributed by atoms with E-state index in [1.54, 1.807) is 18.7 Å². The van der Waals surface area contributed by atoms with Crippen LogP contribution in [0.25, 0.3) is 0 Å². The van der Waals surface area contributed by atoms with Crippen molar-refractivity contribution in [2.45, 2.75) is 17.4 Å². The van der Waals surface area contributed by atoms with E-state index >= 15 is 0 Å². The minimum absolute atomic E-state index is 0.131. The minimum atomic E-state index is -1.11. The molecule has 2 aromatic rings. The maximum atomic E-state index is 11.9. The highest BCUT2D eigenvalue weighted by Crippen LogP contribution is 2.19. The summed E-state index contributed by atoms with van der Waals surface area (Å²) in [5.41, 5.74) is 0.371. The molecule has 0 saturated heterocycles. The predicted molar refractivity (Wildman–Crippen MR) is 91.3 cm³/mol. The first-order valence-electron chi connectivity index (χ1n) is 6.98. The summed E-state index contributed by atoms with van der Waals surface area (Å²) in [4.78, 5) is 13.0. The number of aliphatic hydroxyl groups is 1. The third-order valence-electron chi connectivity index (χ3n) is 3.34. The number of nitrogens with one attached hydrogen (secondary N) is 2. The van der Waals surface area contributed by atoms with Crippen LogP contribution in [0.3, 0.4) is 0 Å². The molecule has 3 N–H and O–H groups in total. The average Bonchev–Trinajstić information content (AvgIpc) is 2.55. The van der Waals surface area contributed by atoms with Gasteiger partial charge in [-0.2, -0.15) is 0 Å². The molecule has 1 unspecified atom stereocenters. The lowest BCUT2D eigenvalue weighted by Gasteiger charge is -2.24. The van der Waals surface area contributed by atoms with Gasteiger partial charge in [0.1, 0.15) is 5.60 Å². The second kappa shape index (κ2) is 7.33. The number of amides is 2. The summed E-state index contributed by atoms with van der Waals surface area (Å²) in [6, 6.07) is 16.5. The van der Waals surface area contributed by atoms with Gasteiger partial charge in [-0.15, -0.1) is 11.8 Å². The van der Waals surface area contributed by atoms with Gasteiger partial charge in [0.25, 0.3) is 0 Å². The van der Waals surface area contributed by atoms with Crippen molar-refractivity contribution >= 4 is 23.5 Å². The molecular formula is C17H20N2O2S.